The number of rotatable bonds is 4. The van der Waals surface area contributed by atoms with Gasteiger partial charge < -0.3 is 9.59 Å². The summed E-state index contributed by atoms with van der Waals surface area (Å²) in [6.07, 6.45) is 4.14. The molecule has 0 atom stereocenters. The largest absolute Gasteiger partial charge is 1.00 e. The molecule has 0 saturated heterocycles. The summed E-state index contributed by atoms with van der Waals surface area (Å²) in [6, 6.07) is 0. The Bertz CT molecular complexity index is 98.2. The maximum atomic E-state index is 9.84. The quantitative estimate of drug-likeness (QED) is 0.357. The van der Waals surface area contributed by atoms with E-state index >= 15 is 0 Å². The van der Waals surface area contributed by atoms with Crippen LogP contribution in [0.1, 0.15) is 26.7 Å². The molecule has 10 heavy (non-hydrogen) atoms. The van der Waals surface area contributed by atoms with Crippen LogP contribution in [0.25, 0.3) is 0 Å². The zero-order chi connectivity index (χ0) is 7.33. The van der Waals surface area contributed by atoms with Gasteiger partial charge in [-0.3, -0.25) is 12.6 Å². The molecule has 0 radical (unpaired) electrons. The monoisotopic (exact) mass is 165 g/mol. The van der Waals surface area contributed by atoms with Crippen molar-refractivity contribution in [3.05, 3.63) is 0 Å². The first kappa shape index (κ1) is 13.6. The minimum Gasteiger partial charge on any atom is -0.542 e. The second-order valence-corrected chi connectivity index (χ2v) is 2.81. The molecule has 0 spiro atoms. The van der Waals surface area contributed by atoms with Gasteiger partial charge in [0.2, 0.25) is 0 Å². The molecule has 0 unspecified atom stereocenters. The summed E-state index contributed by atoms with van der Waals surface area (Å²) in [5.74, 6) is 0. The van der Waals surface area contributed by atoms with Crippen LogP contribution >= 0.6 is 0 Å². The summed E-state index contributed by atoms with van der Waals surface area (Å²) >= 11 is 0. The number of carbonyl (C=O) groups excluding carboxylic acids is 2. The molecule has 0 saturated carbocycles. The molecule has 0 aromatic rings. The van der Waals surface area contributed by atoms with Gasteiger partial charge in [-0.15, -0.1) is 12.8 Å². The second-order valence-electron chi connectivity index (χ2n) is 2.81. The van der Waals surface area contributed by atoms with Crippen molar-refractivity contribution in [3.8, 4) is 0 Å². The fourth-order valence-corrected chi connectivity index (χ4v) is 0.453. The topological polar surface area (TPSA) is 34.1 Å². The standard InChI is InChI=1S/C7H10O2.K/c1-7(2,3-5-8)4-6-9;/h3-4H2,1-2H3;/q-2;+1. The molecule has 0 aliphatic heterocycles. The van der Waals surface area contributed by atoms with Crippen molar-refractivity contribution in [2.45, 2.75) is 26.7 Å². The molecule has 0 heterocycles. The predicted octanol–water partition coefficient (Wildman–Crippen LogP) is -1.98. The van der Waals surface area contributed by atoms with Crippen LogP contribution in [-0.2, 0) is 9.59 Å². The van der Waals surface area contributed by atoms with Crippen LogP contribution in [0.2, 0.25) is 0 Å². The molecule has 0 aliphatic rings. The average molecular weight is 165 g/mol. The van der Waals surface area contributed by atoms with Gasteiger partial charge >= 0.3 is 51.4 Å². The molecular formula is C7H10KO2-. The molecule has 0 bridgehead atoms. The first-order valence-electron chi connectivity index (χ1n) is 2.82. The van der Waals surface area contributed by atoms with Crippen molar-refractivity contribution in [1.82, 2.24) is 0 Å². The van der Waals surface area contributed by atoms with Gasteiger partial charge in [0.1, 0.15) is 0 Å². The average Bonchev–Trinajstić information content (AvgIpc) is 1.64. The Morgan fingerprint density at radius 3 is 1.60 bits per heavy atom. The minimum absolute atomic E-state index is 0. The first-order chi connectivity index (χ1) is 4.12. The maximum absolute atomic E-state index is 9.84. The Morgan fingerprint density at radius 1 is 1.10 bits per heavy atom. The Kier molecular flexibility index (Phi) is 9.05. The molecule has 2 nitrogen and oxygen atoms in total. The fourth-order valence-electron chi connectivity index (χ4n) is 0.453. The van der Waals surface area contributed by atoms with Crippen molar-refractivity contribution < 1.29 is 61.0 Å². The molecule has 0 N–H and O–H groups in total. The Labute approximate surface area is 104 Å². The van der Waals surface area contributed by atoms with E-state index in [0.29, 0.717) is 12.8 Å². The van der Waals surface area contributed by atoms with E-state index in [-0.39, 0.29) is 56.8 Å². The number of hydrogen-bond acceptors (Lipinski definition) is 2. The van der Waals surface area contributed by atoms with Crippen LogP contribution in [0, 0.1) is 5.41 Å². The van der Waals surface area contributed by atoms with E-state index in [0.717, 1.165) is 0 Å². The van der Waals surface area contributed by atoms with E-state index in [2.05, 4.69) is 0 Å². The summed E-state index contributed by atoms with van der Waals surface area (Å²) in [7, 11) is 0. The smallest absolute Gasteiger partial charge is 0.542 e. The second kappa shape index (κ2) is 6.67. The van der Waals surface area contributed by atoms with Crippen molar-refractivity contribution >= 4 is 12.6 Å². The van der Waals surface area contributed by atoms with Gasteiger partial charge in [0.25, 0.3) is 0 Å². The van der Waals surface area contributed by atoms with Gasteiger partial charge in [-0.05, 0) is 0 Å². The molecule has 52 valence electrons. The van der Waals surface area contributed by atoms with Crippen LogP contribution in [-0.4, -0.2) is 12.6 Å². The van der Waals surface area contributed by atoms with Crippen molar-refractivity contribution in [2.75, 3.05) is 0 Å². The van der Waals surface area contributed by atoms with Gasteiger partial charge in [0, 0.05) is 0 Å². The molecular weight excluding hydrogens is 155 g/mol. The van der Waals surface area contributed by atoms with Gasteiger partial charge in [-0.2, -0.15) is 0 Å². The summed E-state index contributed by atoms with van der Waals surface area (Å²) in [4.78, 5) is 19.7. The third-order valence-corrected chi connectivity index (χ3v) is 1.10. The van der Waals surface area contributed by atoms with E-state index in [1.54, 1.807) is 12.6 Å². The van der Waals surface area contributed by atoms with E-state index in [4.69, 9.17) is 0 Å². The molecule has 0 fully saturated rings. The zero-order valence-electron chi connectivity index (χ0n) is 6.73. The van der Waals surface area contributed by atoms with E-state index in [1.807, 2.05) is 13.8 Å². The minimum atomic E-state index is -0.247. The van der Waals surface area contributed by atoms with Crippen molar-refractivity contribution in [1.29, 1.82) is 0 Å². The maximum Gasteiger partial charge on any atom is 1.00 e. The van der Waals surface area contributed by atoms with Crippen molar-refractivity contribution in [3.63, 3.8) is 0 Å². The third kappa shape index (κ3) is 7.09. The van der Waals surface area contributed by atoms with Gasteiger partial charge in [0.15, 0.2) is 0 Å². The van der Waals surface area contributed by atoms with E-state index in [9.17, 15) is 9.59 Å². The summed E-state index contributed by atoms with van der Waals surface area (Å²) < 4.78 is 0. The Balaban J connectivity index is 0. The van der Waals surface area contributed by atoms with Gasteiger partial charge in [-0.25, -0.2) is 0 Å². The summed E-state index contributed by atoms with van der Waals surface area (Å²) in [5, 5.41) is 0. The molecule has 0 aliphatic carbocycles. The van der Waals surface area contributed by atoms with Crippen LogP contribution in [0.5, 0.6) is 0 Å². The third-order valence-electron chi connectivity index (χ3n) is 1.10. The molecule has 0 rings (SSSR count). The van der Waals surface area contributed by atoms with Crippen LogP contribution in [0.4, 0.5) is 0 Å². The summed E-state index contributed by atoms with van der Waals surface area (Å²) in [5.41, 5.74) is -0.247. The number of hydrogen-bond donors (Lipinski definition) is 0. The molecule has 0 aromatic carbocycles. The molecule has 0 aromatic heterocycles. The predicted molar refractivity (Wildman–Crippen MR) is 34.4 cm³/mol. The van der Waals surface area contributed by atoms with Crippen LogP contribution in [0.15, 0.2) is 0 Å². The zero-order valence-corrected chi connectivity index (χ0v) is 9.85. The SMILES string of the molecule is CC(C)(C[C-]=O)C[C-]=O.[K+]. The Hall–Kier alpha value is 0.976. The fraction of sp³-hybridized carbons (Fsp3) is 0.714. The van der Waals surface area contributed by atoms with Gasteiger partial charge in [-0.1, -0.05) is 19.3 Å². The van der Waals surface area contributed by atoms with E-state index in [1.165, 1.54) is 0 Å². The van der Waals surface area contributed by atoms with Gasteiger partial charge in [0.05, 0.1) is 0 Å². The van der Waals surface area contributed by atoms with Crippen LogP contribution in [0.3, 0.4) is 0 Å². The summed E-state index contributed by atoms with van der Waals surface area (Å²) in [6.45, 7) is 3.67. The normalized spacial score (nSPS) is 9.80. The first-order valence-corrected chi connectivity index (χ1v) is 2.82. The molecule has 3 heteroatoms. The van der Waals surface area contributed by atoms with E-state index < -0.39 is 0 Å². The van der Waals surface area contributed by atoms with Crippen molar-refractivity contribution in [2.24, 2.45) is 5.41 Å². The molecule has 0 amide bonds. The van der Waals surface area contributed by atoms with Crippen LogP contribution < -0.4 is 51.4 Å². The Morgan fingerprint density at radius 2 is 1.40 bits per heavy atom.